The lowest BCUT2D eigenvalue weighted by Gasteiger charge is -2.15. The number of aromatic hydroxyl groups is 1. The average molecular weight is 225 g/mol. The topological polar surface area (TPSA) is 33.1 Å². The van der Waals surface area contributed by atoms with Crippen LogP contribution in [0.2, 0.25) is 0 Å². The van der Waals surface area contributed by atoms with Crippen molar-refractivity contribution in [3.05, 3.63) is 42.1 Å². The van der Waals surface area contributed by atoms with Crippen molar-refractivity contribution in [3.63, 3.8) is 0 Å². The number of allylic oxidation sites excluding steroid dienone is 2. The van der Waals surface area contributed by atoms with Gasteiger partial charge >= 0.3 is 0 Å². The maximum atomic E-state index is 9.81. The molecule has 0 bridgehead atoms. The summed E-state index contributed by atoms with van der Waals surface area (Å²) in [6, 6.07) is 7.72. The van der Waals surface area contributed by atoms with Gasteiger partial charge in [-0.2, -0.15) is 0 Å². The second-order valence-electron chi connectivity index (χ2n) is 4.51. The Balaban J connectivity index is 2.23. The fourth-order valence-electron chi connectivity index (χ4n) is 2.52. The normalized spacial score (nSPS) is 15.9. The van der Waals surface area contributed by atoms with E-state index in [1.807, 2.05) is 18.2 Å². The largest absolute Gasteiger partial charge is 0.506 e. The highest BCUT2D eigenvalue weighted by Gasteiger charge is 2.11. The summed E-state index contributed by atoms with van der Waals surface area (Å²) < 4.78 is 0. The van der Waals surface area contributed by atoms with E-state index in [1.54, 1.807) is 12.3 Å². The first kappa shape index (κ1) is 10.3. The summed E-state index contributed by atoms with van der Waals surface area (Å²) in [6.07, 6.45) is 8.89. The molecule has 1 aromatic carbocycles. The van der Waals surface area contributed by atoms with Crippen LogP contribution in [0.25, 0.3) is 16.5 Å². The van der Waals surface area contributed by atoms with E-state index in [4.69, 9.17) is 0 Å². The molecule has 0 saturated heterocycles. The number of rotatable bonds is 1. The minimum absolute atomic E-state index is 0.265. The second-order valence-corrected chi connectivity index (χ2v) is 4.51. The zero-order valence-electron chi connectivity index (χ0n) is 9.69. The predicted octanol–water partition coefficient (Wildman–Crippen LogP) is 3.90. The fourth-order valence-corrected chi connectivity index (χ4v) is 2.52. The van der Waals surface area contributed by atoms with Crippen LogP contribution in [-0.4, -0.2) is 10.1 Å². The summed E-state index contributed by atoms with van der Waals surface area (Å²) in [7, 11) is 0. The van der Waals surface area contributed by atoms with Crippen LogP contribution < -0.4 is 0 Å². The van der Waals surface area contributed by atoms with Crippen molar-refractivity contribution >= 4 is 16.5 Å². The molecule has 0 spiro atoms. The number of hydrogen-bond donors (Lipinski definition) is 1. The number of fused-ring (bicyclic) bond motifs is 1. The van der Waals surface area contributed by atoms with Crippen LogP contribution in [0.4, 0.5) is 0 Å². The summed E-state index contributed by atoms with van der Waals surface area (Å²) in [6.45, 7) is 0. The molecule has 86 valence electrons. The fraction of sp³-hybridized carbons (Fsp3) is 0.267. The van der Waals surface area contributed by atoms with Crippen molar-refractivity contribution in [2.75, 3.05) is 0 Å². The van der Waals surface area contributed by atoms with Gasteiger partial charge in [0, 0.05) is 11.6 Å². The van der Waals surface area contributed by atoms with Gasteiger partial charge in [-0.1, -0.05) is 18.2 Å². The van der Waals surface area contributed by atoms with E-state index in [0.717, 1.165) is 18.2 Å². The zero-order valence-corrected chi connectivity index (χ0v) is 9.69. The molecule has 2 nitrogen and oxygen atoms in total. The maximum absolute atomic E-state index is 9.81. The van der Waals surface area contributed by atoms with Gasteiger partial charge in [0.15, 0.2) is 0 Å². The van der Waals surface area contributed by atoms with E-state index >= 15 is 0 Å². The van der Waals surface area contributed by atoms with E-state index in [-0.39, 0.29) is 5.75 Å². The van der Waals surface area contributed by atoms with Crippen LogP contribution in [0.15, 0.2) is 36.5 Å². The van der Waals surface area contributed by atoms with E-state index in [9.17, 15) is 5.11 Å². The molecule has 0 radical (unpaired) electrons. The third-order valence-electron chi connectivity index (χ3n) is 3.39. The van der Waals surface area contributed by atoms with Crippen LogP contribution in [0.1, 0.15) is 31.2 Å². The Bertz CT molecular complexity index is 586. The van der Waals surface area contributed by atoms with Crippen LogP contribution in [0.5, 0.6) is 5.75 Å². The first-order valence-corrected chi connectivity index (χ1v) is 6.12. The molecule has 1 heterocycles. The maximum Gasteiger partial charge on any atom is 0.141 e. The smallest absolute Gasteiger partial charge is 0.141 e. The Morgan fingerprint density at radius 1 is 1.12 bits per heavy atom. The highest BCUT2D eigenvalue weighted by atomic mass is 16.3. The molecule has 0 atom stereocenters. The SMILES string of the molecule is Oc1ccc(C2=CCCCC2)c2cccnc12. The Morgan fingerprint density at radius 3 is 2.88 bits per heavy atom. The lowest BCUT2D eigenvalue weighted by atomic mass is 9.91. The van der Waals surface area contributed by atoms with E-state index < -0.39 is 0 Å². The number of aromatic nitrogens is 1. The molecule has 1 N–H and O–H groups in total. The number of phenols is 1. The van der Waals surface area contributed by atoms with Crippen molar-refractivity contribution in [1.29, 1.82) is 0 Å². The van der Waals surface area contributed by atoms with Crippen LogP contribution in [-0.2, 0) is 0 Å². The molecule has 0 amide bonds. The molecular weight excluding hydrogens is 210 g/mol. The first-order chi connectivity index (χ1) is 8.36. The standard InChI is InChI=1S/C15H15NO/c17-14-9-8-12(11-5-2-1-3-6-11)13-7-4-10-16-15(13)14/h4-5,7-10,17H,1-3,6H2. The quantitative estimate of drug-likeness (QED) is 0.798. The highest BCUT2D eigenvalue weighted by Crippen LogP contribution is 2.34. The molecule has 0 aliphatic heterocycles. The molecule has 0 fully saturated rings. The Morgan fingerprint density at radius 2 is 2.06 bits per heavy atom. The molecule has 1 aliphatic rings. The van der Waals surface area contributed by atoms with Gasteiger partial charge < -0.3 is 5.11 Å². The summed E-state index contributed by atoms with van der Waals surface area (Å²) >= 11 is 0. The molecule has 2 aromatic rings. The summed E-state index contributed by atoms with van der Waals surface area (Å²) in [5, 5.41) is 10.9. The van der Waals surface area contributed by atoms with Gasteiger partial charge in [0.25, 0.3) is 0 Å². The third-order valence-corrected chi connectivity index (χ3v) is 3.39. The number of nitrogens with zero attached hydrogens (tertiary/aromatic N) is 1. The lowest BCUT2D eigenvalue weighted by molar-refractivity contribution is 0.480. The van der Waals surface area contributed by atoms with Crippen molar-refractivity contribution in [3.8, 4) is 5.75 Å². The molecule has 17 heavy (non-hydrogen) atoms. The van der Waals surface area contributed by atoms with Crippen LogP contribution >= 0.6 is 0 Å². The van der Waals surface area contributed by atoms with Gasteiger partial charge in [0.1, 0.15) is 11.3 Å². The minimum atomic E-state index is 0.265. The lowest BCUT2D eigenvalue weighted by Crippen LogP contribution is -1.93. The average Bonchev–Trinajstić information content (AvgIpc) is 2.41. The Kier molecular flexibility index (Phi) is 2.56. The van der Waals surface area contributed by atoms with Gasteiger partial charge in [-0.3, -0.25) is 4.98 Å². The molecule has 0 unspecified atom stereocenters. The second kappa shape index (κ2) is 4.21. The van der Waals surface area contributed by atoms with Crippen molar-refractivity contribution in [2.24, 2.45) is 0 Å². The van der Waals surface area contributed by atoms with Gasteiger partial charge in [-0.25, -0.2) is 0 Å². The monoisotopic (exact) mass is 225 g/mol. The van der Waals surface area contributed by atoms with Gasteiger partial charge in [0.2, 0.25) is 0 Å². The van der Waals surface area contributed by atoms with Gasteiger partial charge in [-0.05, 0) is 49.0 Å². The summed E-state index contributed by atoms with van der Waals surface area (Å²) in [5.41, 5.74) is 3.33. The molecule has 3 rings (SSSR count). The van der Waals surface area contributed by atoms with E-state index in [1.165, 1.54) is 24.0 Å². The van der Waals surface area contributed by atoms with Gasteiger partial charge in [0.05, 0.1) is 0 Å². The number of hydrogen-bond acceptors (Lipinski definition) is 2. The molecule has 2 heteroatoms. The van der Waals surface area contributed by atoms with Crippen molar-refractivity contribution in [1.82, 2.24) is 4.98 Å². The van der Waals surface area contributed by atoms with E-state index in [2.05, 4.69) is 11.1 Å². The van der Waals surface area contributed by atoms with E-state index in [0.29, 0.717) is 5.52 Å². The van der Waals surface area contributed by atoms with Crippen molar-refractivity contribution in [2.45, 2.75) is 25.7 Å². The Labute approximate surface area is 101 Å². The molecular formula is C15H15NO. The zero-order chi connectivity index (χ0) is 11.7. The Hall–Kier alpha value is -1.83. The predicted molar refractivity (Wildman–Crippen MR) is 69.9 cm³/mol. The van der Waals surface area contributed by atoms with Crippen molar-refractivity contribution < 1.29 is 5.11 Å². The summed E-state index contributed by atoms with van der Waals surface area (Å²) in [4.78, 5) is 4.26. The number of phenolic OH excluding ortho intramolecular Hbond substituents is 1. The summed E-state index contributed by atoms with van der Waals surface area (Å²) in [5.74, 6) is 0.265. The number of benzene rings is 1. The van der Waals surface area contributed by atoms with Crippen LogP contribution in [0.3, 0.4) is 0 Å². The first-order valence-electron chi connectivity index (χ1n) is 6.12. The molecule has 1 aliphatic carbocycles. The van der Waals surface area contributed by atoms with Gasteiger partial charge in [-0.15, -0.1) is 0 Å². The molecule has 1 aromatic heterocycles. The highest BCUT2D eigenvalue weighted by molar-refractivity contribution is 5.94. The van der Waals surface area contributed by atoms with Crippen LogP contribution in [0, 0.1) is 0 Å². The third kappa shape index (κ3) is 1.80. The number of pyridine rings is 1. The molecule has 0 saturated carbocycles. The minimum Gasteiger partial charge on any atom is -0.506 e.